The molecule has 0 saturated carbocycles. The standard InChI is InChI=1S/C10H11F3N2/c1-7-6-14-9(15-3-2-4-15)5-8(7)10(11,12)13/h5-6H,2-4H2,1H3. The first-order chi connectivity index (χ1) is 6.98. The fourth-order valence-corrected chi connectivity index (χ4v) is 1.54. The van der Waals surface area contributed by atoms with Gasteiger partial charge in [-0.2, -0.15) is 13.2 Å². The number of pyridine rings is 1. The van der Waals surface area contributed by atoms with Gasteiger partial charge in [-0.15, -0.1) is 0 Å². The largest absolute Gasteiger partial charge is 0.416 e. The molecule has 1 aromatic rings. The smallest absolute Gasteiger partial charge is 0.356 e. The summed E-state index contributed by atoms with van der Waals surface area (Å²) in [5.41, 5.74) is -0.411. The van der Waals surface area contributed by atoms with Crippen LogP contribution in [0.5, 0.6) is 0 Å². The minimum Gasteiger partial charge on any atom is -0.356 e. The number of anilines is 1. The third-order valence-corrected chi connectivity index (χ3v) is 2.57. The fourth-order valence-electron chi connectivity index (χ4n) is 1.54. The highest BCUT2D eigenvalue weighted by atomic mass is 19.4. The lowest BCUT2D eigenvalue weighted by molar-refractivity contribution is -0.138. The zero-order valence-electron chi connectivity index (χ0n) is 8.30. The van der Waals surface area contributed by atoms with Crippen LogP contribution >= 0.6 is 0 Å². The van der Waals surface area contributed by atoms with Crippen LogP contribution in [0.15, 0.2) is 12.3 Å². The van der Waals surface area contributed by atoms with Crippen molar-refractivity contribution >= 4 is 5.82 Å². The van der Waals surface area contributed by atoms with Gasteiger partial charge in [-0.25, -0.2) is 4.98 Å². The molecule has 0 aromatic carbocycles. The minimum atomic E-state index is -4.29. The molecule has 0 radical (unpaired) electrons. The van der Waals surface area contributed by atoms with Crippen LogP contribution in [0.3, 0.4) is 0 Å². The number of hydrogen-bond donors (Lipinski definition) is 0. The van der Waals surface area contributed by atoms with E-state index in [2.05, 4.69) is 4.98 Å². The van der Waals surface area contributed by atoms with E-state index in [0.29, 0.717) is 5.82 Å². The summed E-state index contributed by atoms with van der Waals surface area (Å²) in [4.78, 5) is 5.84. The van der Waals surface area contributed by atoms with E-state index < -0.39 is 11.7 Å². The Hall–Kier alpha value is -1.26. The van der Waals surface area contributed by atoms with Crippen molar-refractivity contribution in [2.45, 2.75) is 19.5 Å². The maximum absolute atomic E-state index is 12.6. The van der Waals surface area contributed by atoms with Crippen molar-refractivity contribution in [1.82, 2.24) is 4.98 Å². The summed E-state index contributed by atoms with van der Waals surface area (Å²) in [5, 5.41) is 0. The van der Waals surface area contributed by atoms with E-state index >= 15 is 0 Å². The molecule has 0 spiro atoms. The van der Waals surface area contributed by atoms with Crippen molar-refractivity contribution < 1.29 is 13.2 Å². The first-order valence-corrected chi connectivity index (χ1v) is 4.77. The zero-order chi connectivity index (χ0) is 11.1. The summed E-state index contributed by atoms with van der Waals surface area (Å²) in [7, 11) is 0. The van der Waals surface area contributed by atoms with E-state index in [4.69, 9.17) is 0 Å². The highest BCUT2D eigenvalue weighted by Gasteiger charge is 2.33. The van der Waals surface area contributed by atoms with Crippen molar-refractivity contribution in [3.8, 4) is 0 Å². The number of aryl methyl sites for hydroxylation is 1. The van der Waals surface area contributed by atoms with Crippen molar-refractivity contribution in [2.75, 3.05) is 18.0 Å². The molecule has 2 nitrogen and oxygen atoms in total. The van der Waals surface area contributed by atoms with Crippen molar-refractivity contribution in [1.29, 1.82) is 0 Å². The normalized spacial score (nSPS) is 16.4. The molecule has 0 N–H and O–H groups in total. The number of alkyl halides is 3. The lowest BCUT2D eigenvalue weighted by Crippen LogP contribution is -2.37. The van der Waals surface area contributed by atoms with Crippen LogP contribution in [0.1, 0.15) is 17.5 Å². The van der Waals surface area contributed by atoms with E-state index in [1.165, 1.54) is 13.1 Å². The van der Waals surface area contributed by atoms with Gasteiger partial charge in [0.15, 0.2) is 0 Å². The van der Waals surface area contributed by atoms with Crippen LogP contribution in [0.2, 0.25) is 0 Å². The summed E-state index contributed by atoms with van der Waals surface area (Å²) in [5.74, 6) is 0.430. The molecule has 1 fully saturated rings. The maximum Gasteiger partial charge on any atom is 0.416 e. The monoisotopic (exact) mass is 216 g/mol. The van der Waals surface area contributed by atoms with E-state index in [0.717, 1.165) is 25.6 Å². The summed E-state index contributed by atoms with van der Waals surface area (Å²) >= 11 is 0. The topological polar surface area (TPSA) is 16.1 Å². The van der Waals surface area contributed by atoms with Crippen LogP contribution in [0.25, 0.3) is 0 Å². The zero-order valence-corrected chi connectivity index (χ0v) is 8.30. The Kier molecular flexibility index (Phi) is 2.32. The van der Waals surface area contributed by atoms with E-state index in [1.54, 1.807) is 0 Å². The van der Waals surface area contributed by atoms with E-state index in [9.17, 15) is 13.2 Å². The van der Waals surface area contributed by atoms with Gasteiger partial charge in [0.25, 0.3) is 0 Å². The molecular formula is C10H11F3N2. The highest BCUT2D eigenvalue weighted by molar-refractivity contribution is 5.46. The molecule has 1 aromatic heterocycles. The van der Waals surface area contributed by atoms with Crippen LogP contribution in [-0.2, 0) is 6.18 Å². The van der Waals surface area contributed by atoms with Crippen molar-refractivity contribution in [3.05, 3.63) is 23.4 Å². The SMILES string of the molecule is Cc1cnc(N2CCC2)cc1C(F)(F)F. The van der Waals surface area contributed by atoms with Crippen molar-refractivity contribution in [2.24, 2.45) is 0 Å². The Morgan fingerprint density at radius 3 is 2.47 bits per heavy atom. The average Bonchev–Trinajstić information content (AvgIpc) is 2.03. The predicted octanol–water partition coefficient (Wildman–Crippen LogP) is 2.62. The van der Waals surface area contributed by atoms with E-state index in [-0.39, 0.29) is 5.56 Å². The molecule has 82 valence electrons. The molecule has 0 bridgehead atoms. The Balaban J connectivity index is 2.36. The Labute approximate surface area is 85.7 Å². The molecule has 0 aliphatic carbocycles. The Morgan fingerprint density at radius 1 is 1.33 bits per heavy atom. The molecule has 2 heterocycles. The summed E-state index contributed by atoms with van der Waals surface area (Å²) < 4.78 is 37.7. The molecule has 2 rings (SSSR count). The van der Waals surface area contributed by atoms with Gasteiger partial charge >= 0.3 is 6.18 Å². The highest BCUT2D eigenvalue weighted by Crippen LogP contribution is 2.33. The van der Waals surface area contributed by atoms with Crippen LogP contribution in [-0.4, -0.2) is 18.1 Å². The van der Waals surface area contributed by atoms with Gasteiger partial charge in [-0.1, -0.05) is 0 Å². The fraction of sp³-hybridized carbons (Fsp3) is 0.500. The van der Waals surface area contributed by atoms with E-state index in [1.807, 2.05) is 4.90 Å². The molecular weight excluding hydrogens is 205 g/mol. The number of nitrogens with zero attached hydrogens (tertiary/aromatic N) is 2. The third-order valence-electron chi connectivity index (χ3n) is 2.57. The Bertz CT molecular complexity index is 369. The van der Waals surface area contributed by atoms with Crippen molar-refractivity contribution in [3.63, 3.8) is 0 Å². The average molecular weight is 216 g/mol. The molecule has 0 amide bonds. The van der Waals surface area contributed by atoms with Crippen LogP contribution < -0.4 is 4.90 Å². The number of aromatic nitrogens is 1. The predicted molar refractivity (Wildman–Crippen MR) is 50.8 cm³/mol. The van der Waals surface area contributed by atoms with Gasteiger partial charge < -0.3 is 4.90 Å². The summed E-state index contributed by atoms with van der Waals surface area (Å²) in [6.07, 6.45) is -1.97. The number of rotatable bonds is 1. The first-order valence-electron chi connectivity index (χ1n) is 4.77. The van der Waals surface area contributed by atoms with Crippen LogP contribution in [0, 0.1) is 6.92 Å². The summed E-state index contributed by atoms with van der Waals surface area (Å²) in [6, 6.07) is 1.13. The molecule has 5 heteroatoms. The minimum absolute atomic E-state index is 0.173. The second kappa shape index (κ2) is 3.40. The molecule has 1 aliphatic rings. The molecule has 0 atom stereocenters. The molecule has 15 heavy (non-hydrogen) atoms. The second-order valence-corrected chi connectivity index (χ2v) is 3.70. The second-order valence-electron chi connectivity index (χ2n) is 3.70. The lowest BCUT2D eigenvalue weighted by atomic mass is 10.1. The quantitative estimate of drug-likeness (QED) is 0.717. The number of hydrogen-bond acceptors (Lipinski definition) is 2. The number of halogens is 3. The Morgan fingerprint density at radius 2 is 2.00 bits per heavy atom. The van der Waals surface area contributed by atoms with Gasteiger partial charge in [0.2, 0.25) is 0 Å². The van der Waals surface area contributed by atoms with Gasteiger partial charge in [0.1, 0.15) is 5.82 Å². The lowest BCUT2D eigenvalue weighted by Gasteiger charge is -2.32. The third kappa shape index (κ3) is 1.91. The van der Waals surface area contributed by atoms with Gasteiger partial charge in [-0.05, 0) is 25.0 Å². The van der Waals surface area contributed by atoms with Gasteiger partial charge in [0, 0.05) is 19.3 Å². The first kappa shape index (κ1) is 10.3. The maximum atomic E-state index is 12.6. The molecule has 0 unspecified atom stereocenters. The molecule has 1 aliphatic heterocycles. The van der Waals surface area contributed by atoms with Gasteiger partial charge in [-0.3, -0.25) is 0 Å². The summed E-state index contributed by atoms with van der Waals surface area (Å²) in [6.45, 7) is 3.02. The van der Waals surface area contributed by atoms with Gasteiger partial charge in [0.05, 0.1) is 5.56 Å². The van der Waals surface area contributed by atoms with Crippen LogP contribution in [0.4, 0.5) is 19.0 Å². The molecule has 1 saturated heterocycles.